The van der Waals surface area contributed by atoms with Gasteiger partial charge in [0.15, 0.2) is 0 Å². The average molecular weight is 363 g/mol. The highest BCUT2D eigenvalue weighted by atomic mass is 79.9. The fourth-order valence-corrected chi connectivity index (χ4v) is 2.88. The molecule has 0 aliphatic rings. The highest BCUT2D eigenvalue weighted by Crippen LogP contribution is 2.36. The predicted molar refractivity (Wildman–Crippen MR) is 81.5 cm³/mol. The molecule has 0 heterocycles. The molecule has 0 bridgehead atoms. The SMILES string of the molecule is CNC(c1cccc(Cl)c1Cl)c1cccc(F)c1Br. The van der Waals surface area contributed by atoms with E-state index >= 15 is 0 Å². The zero-order valence-electron chi connectivity index (χ0n) is 10.1. The molecule has 5 heteroatoms. The van der Waals surface area contributed by atoms with Crippen LogP contribution in [0.3, 0.4) is 0 Å². The van der Waals surface area contributed by atoms with Gasteiger partial charge in [-0.05, 0) is 46.2 Å². The molecule has 0 amide bonds. The van der Waals surface area contributed by atoms with Crippen LogP contribution in [-0.4, -0.2) is 7.05 Å². The van der Waals surface area contributed by atoms with Crippen LogP contribution >= 0.6 is 39.1 Å². The largest absolute Gasteiger partial charge is 0.309 e. The normalized spacial score (nSPS) is 12.5. The zero-order chi connectivity index (χ0) is 14.0. The van der Waals surface area contributed by atoms with E-state index in [2.05, 4.69) is 21.2 Å². The molecule has 0 aliphatic heterocycles. The zero-order valence-corrected chi connectivity index (χ0v) is 13.2. The maximum atomic E-state index is 13.6. The molecule has 100 valence electrons. The van der Waals surface area contributed by atoms with Gasteiger partial charge in [-0.3, -0.25) is 0 Å². The highest BCUT2D eigenvalue weighted by molar-refractivity contribution is 9.10. The summed E-state index contributed by atoms with van der Waals surface area (Å²) < 4.78 is 14.1. The monoisotopic (exact) mass is 361 g/mol. The average Bonchev–Trinajstić information content (AvgIpc) is 2.40. The topological polar surface area (TPSA) is 12.0 Å². The molecule has 1 nitrogen and oxygen atoms in total. The van der Waals surface area contributed by atoms with E-state index < -0.39 is 0 Å². The van der Waals surface area contributed by atoms with E-state index in [1.54, 1.807) is 19.2 Å². The minimum absolute atomic E-state index is 0.240. The van der Waals surface area contributed by atoms with Crippen molar-refractivity contribution in [2.45, 2.75) is 6.04 Å². The lowest BCUT2D eigenvalue weighted by atomic mass is 9.98. The van der Waals surface area contributed by atoms with Gasteiger partial charge in [-0.25, -0.2) is 4.39 Å². The van der Waals surface area contributed by atoms with E-state index in [0.29, 0.717) is 14.5 Å². The summed E-state index contributed by atoms with van der Waals surface area (Å²) in [6.07, 6.45) is 0. The van der Waals surface area contributed by atoms with Crippen molar-refractivity contribution in [2.75, 3.05) is 7.05 Å². The van der Waals surface area contributed by atoms with E-state index in [0.717, 1.165) is 11.1 Å². The van der Waals surface area contributed by atoms with Crippen molar-refractivity contribution in [1.82, 2.24) is 5.32 Å². The Morgan fingerprint density at radius 1 is 1.11 bits per heavy atom. The van der Waals surface area contributed by atoms with E-state index in [4.69, 9.17) is 23.2 Å². The second-order valence-electron chi connectivity index (χ2n) is 4.01. The van der Waals surface area contributed by atoms with Gasteiger partial charge in [-0.15, -0.1) is 0 Å². The lowest BCUT2D eigenvalue weighted by Crippen LogP contribution is -2.19. The maximum absolute atomic E-state index is 13.6. The Morgan fingerprint density at radius 2 is 1.74 bits per heavy atom. The molecule has 1 atom stereocenters. The van der Waals surface area contributed by atoms with Gasteiger partial charge >= 0.3 is 0 Å². The van der Waals surface area contributed by atoms with E-state index in [1.807, 2.05) is 18.2 Å². The van der Waals surface area contributed by atoms with Crippen LogP contribution in [0.15, 0.2) is 40.9 Å². The Morgan fingerprint density at radius 3 is 2.42 bits per heavy atom. The van der Waals surface area contributed by atoms with Gasteiger partial charge in [-0.2, -0.15) is 0 Å². The molecule has 19 heavy (non-hydrogen) atoms. The first-order valence-electron chi connectivity index (χ1n) is 5.61. The summed E-state index contributed by atoms with van der Waals surface area (Å²) in [5.74, 6) is -0.309. The van der Waals surface area contributed by atoms with Crippen LogP contribution in [0.25, 0.3) is 0 Å². The standard InChI is InChI=1S/C14H11BrCl2FN/c1-19-14(8-4-3-7-11(18)12(8)15)9-5-2-6-10(16)13(9)17/h2-7,14,19H,1H3. The summed E-state index contributed by atoms with van der Waals surface area (Å²) in [6, 6.07) is 10.1. The molecule has 0 aromatic heterocycles. The third-order valence-corrected chi connectivity index (χ3v) is 4.54. The van der Waals surface area contributed by atoms with Crippen molar-refractivity contribution in [3.8, 4) is 0 Å². The fraction of sp³-hybridized carbons (Fsp3) is 0.143. The van der Waals surface area contributed by atoms with Crippen LogP contribution in [0.1, 0.15) is 17.2 Å². The summed E-state index contributed by atoms with van der Waals surface area (Å²) in [6.45, 7) is 0. The van der Waals surface area contributed by atoms with Crippen molar-refractivity contribution < 1.29 is 4.39 Å². The predicted octanol–water partition coefficient (Wildman–Crippen LogP) is 5.20. The van der Waals surface area contributed by atoms with Crippen LogP contribution < -0.4 is 5.32 Å². The third-order valence-electron chi connectivity index (χ3n) is 2.87. The number of benzene rings is 2. The number of hydrogen-bond donors (Lipinski definition) is 1. The summed E-state index contributed by atoms with van der Waals surface area (Å²) >= 11 is 15.5. The van der Waals surface area contributed by atoms with Crippen LogP contribution in [0.4, 0.5) is 4.39 Å². The van der Waals surface area contributed by atoms with E-state index in [9.17, 15) is 4.39 Å². The Bertz CT molecular complexity index is 552. The van der Waals surface area contributed by atoms with E-state index in [-0.39, 0.29) is 11.9 Å². The minimum atomic E-state index is -0.309. The van der Waals surface area contributed by atoms with Gasteiger partial charge in [-0.1, -0.05) is 47.5 Å². The lowest BCUT2D eigenvalue weighted by molar-refractivity contribution is 0.608. The van der Waals surface area contributed by atoms with Gasteiger partial charge in [0, 0.05) is 0 Å². The van der Waals surface area contributed by atoms with Crippen LogP contribution in [0.5, 0.6) is 0 Å². The lowest BCUT2D eigenvalue weighted by Gasteiger charge is -2.20. The van der Waals surface area contributed by atoms with Gasteiger partial charge in [0.1, 0.15) is 5.82 Å². The first kappa shape index (κ1) is 14.8. The third kappa shape index (κ3) is 2.95. The van der Waals surface area contributed by atoms with Gasteiger partial charge in [0.05, 0.1) is 20.6 Å². The van der Waals surface area contributed by atoms with Gasteiger partial charge in [0.2, 0.25) is 0 Å². The summed E-state index contributed by atoms with van der Waals surface area (Å²) in [7, 11) is 1.79. The molecular weight excluding hydrogens is 352 g/mol. The first-order valence-corrected chi connectivity index (χ1v) is 7.16. The number of rotatable bonds is 3. The smallest absolute Gasteiger partial charge is 0.137 e. The Kier molecular flexibility index (Phi) is 4.85. The molecule has 2 aromatic rings. The molecular formula is C14H11BrCl2FN. The minimum Gasteiger partial charge on any atom is -0.309 e. The number of halogens is 4. The summed E-state index contributed by atoms with van der Waals surface area (Å²) in [5, 5.41) is 4.08. The van der Waals surface area contributed by atoms with Crippen LogP contribution in [0.2, 0.25) is 10.0 Å². The van der Waals surface area contributed by atoms with Crippen LogP contribution in [-0.2, 0) is 0 Å². The molecule has 1 N–H and O–H groups in total. The second-order valence-corrected chi connectivity index (χ2v) is 5.59. The summed E-state index contributed by atoms with van der Waals surface area (Å²) in [4.78, 5) is 0. The Hall–Kier alpha value is -0.610. The van der Waals surface area contributed by atoms with Gasteiger partial charge in [0.25, 0.3) is 0 Å². The molecule has 1 unspecified atom stereocenters. The quantitative estimate of drug-likeness (QED) is 0.790. The van der Waals surface area contributed by atoms with Crippen LogP contribution in [0, 0.1) is 5.82 Å². The fourth-order valence-electron chi connectivity index (χ4n) is 1.97. The van der Waals surface area contributed by atoms with Crippen molar-refractivity contribution in [2.24, 2.45) is 0 Å². The Labute approximate surface area is 129 Å². The molecule has 0 fully saturated rings. The van der Waals surface area contributed by atoms with Crippen molar-refractivity contribution in [3.05, 3.63) is 67.9 Å². The van der Waals surface area contributed by atoms with Crippen molar-refractivity contribution >= 4 is 39.1 Å². The molecule has 2 aromatic carbocycles. The van der Waals surface area contributed by atoms with Gasteiger partial charge < -0.3 is 5.32 Å². The Balaban J connectivity index is 2.57. The summed E-state index contributed by atoms with van der Waals surface area (Å²) in [5.41, 5.74) is 1.58. The maximum Gasteiger partial charge on any atom is 0.137 e. The number of hydrogen-bond acceptors (Lipinski definition) is 1. The molecule has 2 rings (SSSR count). The van der Waals surface area contributed by atoms with E-state index in [1.165, 1.54) is 6.07 Å². The van der Waals surface area contributed by atoms with Crippen molar-refractivity contribution in [1.29, 1.82) is 0 Å². The van der Waals surface area contributed by atoms with Crippen molar-refractivity contribution in [3.63, 3.8) is 0 Å². The molecule has 0 saturated heterocycles. The molecule has 0 saturated carbocycles. The molecule has 0 aliphatic carbocycles. The number of nitrogens with one attached hydrogen (secondary N) is 1. The molecule has 0 radical (unpaired) electrons. The molecule has 0 spiro atoms. The highest BCUT2D eigenvalue weighted by Gasteiger charge is 2.20. The first-order chi connectivity index (χ1) is 9.06. The second kappa shape index (κ2) is 6.23.